The maximum Gasteiger partial charge on any atom is 0.191 e. The Kier molecular flexibility index (Phi) is 11.8. The Bertz CT molecular complexity index is 792. The van der Waals surface area contributed by atoms with Gasteiger partial charge in [-0.1, -0.05) is 31.2 Å². The smallest absolute Gasteiger partial charge is 0.191 e. The molecular formula is C23H37IN6S. The fourth-order valence-electron chi connectivity index (χ4n) is 3.60. The first-order valence-corrected chi connectivity index (χ1v) is 11.8. The lowest BCUT2D eigenvalue weighted by Gasteiger charge is -2.20. The second-order valence-corrected chi connectivity index (χ2v) is 9.13. The maximum absolute atomic E-state index is 4.47. The highest BCUT2D eigenvalue weighted by atomic mass is 127. The number of thiazole rings is 1. The zero-order valence-corrected chi connectivity index (χ0v) is 22.2. The van der Waals surface area contributed by atoms with E-state index < -0.39 is 0 Å². The van der Waals surface area contributed by atoms with E-state index in [2.05, 4.69) is 68.6 Å². The minimum Gasteiger partial charge on any atom is -0.356 e. The van der Waals surface area contributed by atoms with Gasteiger partial charge in [0, 0.05) is 57.3 Å². The highest BCUT2D eigenvalue weighted by Crippen LogP contribution is 2.13. The molecule has 0 radical (unpaired) electrons. The van der Waals surface area contributed by atoms with Crippen LogP contribution in [-0.4, -0.2) is 67.6 Å². The van der Waals surface area contributed by atoms with Crippen LogP contribution in [0.4, 0.5) is 0 Å². The molecule has 2 N–H and O–H groups in total. The van der Waals surface area contributed by atoms with Gasteiger partial charge < -0.3 is 15.5 Å². The maximum atomic E-state index is 4.47. The molecule has 172 valence electrons. The molecule has 1 saturated heterocycles. The molecule has 0 atom stereocenters. The number of benzene rings is 1. The Hall–Kier alpha value is -1.23. The van der Waals surface area contributed by atoms with E-state index in [9.17, 15) is 0 Å². The number of nitrogens with zero attached hydrogens (tertiary/aromatic N) is 4. The molecule has 0 bridgehead atoms. The van der Waals surface area contributed by atoms with Gasteiger partial charge in [0.2, 0.25) is 0 Å². The van der Waals surface area contributed by atoms with E-state index in [0.717, 1.165) is 51.5 Å². The summed E-state index contributed by atoms with van der Waals surface area (Å²) in [4.78, 5) is 15.1. The topological polar surface area (TPSA) is 55.8 Å². The van der Waals surface area contributed by atoms with Crippen molar-refractivity contribution in [2.24, 2.45) is 4.99 Å². The molecule has 1 aliphatic rings. The number of hydrogen-bond acceptors (Lipinski definition) is 5. The van der Waals surface area contributed by atoms with Crippen LogP contribution in [0.5, 0.6) is 0 Å². The molecule has 0 spiro atoms. The van der Waals surface area contributed by atoms with Gasteiger partial charge in [0.25, 0.3) is 0 Å². The predicted molar refractivity (Wildman–Crippen MR) is 143 cm³/mol. The summed E-state index contributed by atoms with van der Waals surface area (Å²) in [5, 5.41) is 7.98. The van der Waals surface area contributed by atoms with Crippen LogP contribution in [-0.2, 0) is 25.9 Å². The average Bonchev–Trinajstić information content (AvgIpc) is 3.13. The van der Waals surface area contributed by atoms with Gasteiger partial charge in [-0.05, 0) is 44.1 Å². The molecule has 1 aromatic carbocycles. The number of nitrogens with one attached hydrogen (secondary N) is 2. The van der Waals surface area contributed by atoms with Crippen molar-refractivity contribution in [1.29, 1.82) is 0 Å². The summed E-state index contributed by atoms with van der Waals surface area (Å²) in [6.45, 7) is 9.53. The fourth-order valence-corrected chi connectivity index (χ4v) is 4.46. The molecule has 0 saturated carbocycles. The van der Waals surface area contributed by atoms with Gasteiger partial charge in [-0.25, -0.2) is 4.98 Å². The van der Waals surface area contributed by atoms with E-state index >= 15 is 0 Å². The SMILES string of the molecule is CCc1cnc(CCNC(=NC)NCc2ccc(CN3CCCN(C)CC3)cc2)s1.I. The van der Waals surface area contributed by atoms with E-state index in [-0.39, 0.29) is 24.0 Å². The predicted octanol–water partition coefficient (Wildman–Crippen LogP) is 3.37. The number of aryl methyl sites for hydroxylation is 1. The van der Waals surface area contributed by atoms with Crippen molar-refractivity contribution in [3.63, 3.8) is 0 Å². The first kappa shape index (κ1) is 26.0. The Labute approximate surface area is 208 Å². The molecule has 0 amide bonds. The van der Waals surface area contributed by atoms with Crippen LogP contribution in [0.1, 0.15) is 34.4 Å². The minimum absolute atomic E-state index is 0. The molecule has 1 aliphatic heterocycles. The summed E-state index contributed by atoms with van der Waals surface area (Å²) in [6.07, 6.45) is 5.23. The summed E-state index contributed by atoms with van der Waals surface area (Å²) in [5.74, 6) is 0.833. The highest BCUT2D eigenvalue weighted by molar-refractivity contribution is 14.0. The number of likely N-dealkylation sites (N-methyl/N-ethyl adjacent to an activating group) is 1. The number of halogens is 1. The standard InChI is InChI=1S/C23H36N6S.HI/c1-4-21-17-26-22(30-21)10-11-25-23(24-2)27-16-19-6-8-20(9-7-19)18-29-13-5-12-28(3)14-15-29;/h6-9,17H,4-5,10-16,18H2,1-3H3,(H2,24,25,27);1H. The van der Waals surface area contributed by atoms with E-state index in [0.29, 0.717) is 0 Å². The van der Waals surface area contributed by atoms with Crippen molar-refractivity contribution in [2.45, 2.75) is 39.3 Å². The molecule has 2 heterocycles. The number of aromatic nitrogens is 1. The van der Waals surface area contributed by atoms with Crippen LogP contribution in [0.2, 0.25) is 0 Å². The monoisotopic (exact) mass is 556 g/mol. The van der Waals surface area contributed by atoms with Crippen molar-refractivity contribution in [2.75, 3.05) is 46.8 Å². The lowest BCUT2D eigenvalue weighted by molar-refractivity contribution is 0.269. The first-order chi connectivity index (χ1) is 14.7. The van der Waals surface area contributed by atoms with Crippen molar-refractivity contribution in [3.8, 4) is 0 Å². The van der Waals surface area contributed by atoms with Gasteiger partial charge in [-0.2, -0.15) is 0 Å². The Morgan fingerprint density at radius 3 is 2.58 bits per heavy atom. The number of guanidine groups is 1. The second kappa shape index (κ2) is 14.0. The highest BCUT2D eigenvalue weighted by Gasteiger charge is 2.12. The van der Waals surface area contributed by atoms with Crippen LogP contribution in [0.15, 0.2) is 35.5 Å². The normalized spacial score (nSPS) is 15.9. The van der Waals surface area contributed by atoms with Crippen molar-refractivity contribution in [3.05, 3.63) is 51.5 Å². The van der Waals surface area contributed by atoms with Crippen LogP contribution >= 0.6 is 35.3 Å². The number of rotatable bonds is 8. The Morgan fingerprint density at radius 1 is 1.10 bits per heavy atom. The van der Waals surface area contributed by atoms with Crippen LogP contribution in [0, 0.1) is 0 Å². The molecule has 2 aromatic rings. The molecular weight excluding hydrogens is 519 g/mol. The van der Waals surface area contributed by atoms with E-state index in [4.69, 9.17) is 0 Å². The largest absolute Gasteiger partial charge is 0.356 e. The number of hydrogen-bond donors (Lipinski definition) is 2. The van der Waals surface area contributed by atoms with E-state index in [1.54, 1.807) is 11.3 Å². The summed E-state index contributed by atoms with van der Waals surface area (Å²) in [7, 11) is 4.03. The minimum atomic E-state index is 0. The van der Waals surface area contributed by atoms with Crippen molar-refractivity contribution < 1.29 is 0 Å². The summed E-state index contributed by atoms with van der Waals surface area (Å²) >= 11 is 1.80. The van der Waals surface area contributed by atoms with Crippen LogP contribution < -0.4 is 10.6 Å². The van der Waals surface area contributed by atoms with E-state index in [1.165, 1.54) is 40.5 Å². The third-order valence-electron chi connectivity index (χ3n) is 5.51. The zero-order valence-electron chi connectivity index (χ0n) is 19.1. The zero-order chi connectivity index (χ0) is 21.2. The van der Waals surface area contributed by atoms with Crippen LogP contribution in [0.3, 0.4) is 0 Å². The van der Waals surface area contributed by atoms with Gasteiger partial charge in [0.15, 0.2) is 5.96 Å². The van der Waals surface area contributed by atoms with E-state index in [1.807, 2.05) is 13.2 Å². The molecule has 1 fully saturated rings. The Morgan fingerprint density at radius 2 is 1.87 bits per heavy atom. The van der Waals surface area contributed by atoms with Crippen LogP contribution in [0.25, 0.3) is 0 Å². The molecule has 1 aromatic heterocycles. The second-order valence-electron chi connectivity index (χ2n) is 7.93. The van der Waals surface area contributed by atoms with Gasteiger partial charge >= 0.3 is 0 Å². The molecule has 0 aliphatic carbocycles. The lowest BCUT2D eigenvalue weighted by atomic mass is 10.1. The van der Waals surface area contributed by atoms with Gasteiger partial charge in [0.1, 0.15) is 0 Å². The average molecular weight is 557 g/mol. The molecule has 6 nitrogen and oxygen atoms in total. The Balaban J connectivity index is 0.00000341. The molecule has 0 unspecified atom stereocenters. The summed E-state index contributed by atoms with van der Waals surface area (Å²) in [5.41, 5.74) is 2.66. The molecule has 8 heteroatoms. The van der Waals surface area contributed by atoms with Gasteiger partial charge in [-0.15, -0.1) is 35.3 Å². The van der Waals surface area contributed by atoms with Crippen molar-refractivity contribution in [1.82, 2.24) is 25.4 Å². The quantitative estimate of drug-likeness (QED) is 0.297. The third-order valence-corrected chi connectivity index (χ3v) is 6.71. The first-order valence-electron chi connectivity index (χ1n) is 11.0. The van der Waals surface area contributed by atoms with Crippen molar-refractivity contribution >= 4 is 41.3 Å². The van der Waals surface area contributed by atoms with Gasteiger partial charge in [0.05, 0.1) is 5.01 Å². The third kappa shape index (κ3) is 9.03. The number of aliphatic imine (C=N–C) groups is 1. The summed E-state index contributed by atoms with van der Waals surface area (Å²) in [6, 6.07) is 8.97. The fraction of sp³-hybridized carbons (Fsp3) is 0.565. The molecule has 3 rings (SSSR count). The lowest BCUT2D eigenvalue weighted by Crippen LogP contribution is -2.37. The summed E-state index contributed by atoms with van der Waals surface area (Å²) < 4.78 is 0. The molecule has 31 heavy (non-hydrogen) atoms. The van der Waals surface area contributed by atoms with Gasteiger partial charge in [-0.3, -0.25) is 9.89 Å².